The number of carbonyl (C=O) groups is 2. The van der Waals surface area contributed by atoms with Gasteiger partial charge < -0.3 is 10.1 Å². The fourth-order valence-corrected chi connectivity index (χ4v) is 5.00. The van der Waals surface area contributed by atoms with Gasteiger partial charge in [0.15, 0.2) is 0 Å². The number of ether oxygens (including phenoxy) is 1. The van der Waals surface area contributed by atoms with Crippen LogP contribution in [0.3, 0.4) is 0 Å². The Hall–Kier alpha value is -2.88. The van der Waals surface area contributed by atoms with Crippen molar-refractivity contribution in [3.63, 3.8) is 0 Å². The highest BCUT2D eigenvalue weighted by atomic mass is 19.1. The largest absolute Gasteiger partial charge is 0.377 e. The number of hydrogen-bond acceptors (Lipinski definition) is 5. The van der Waals surface area contributed by atoms with Crippen molar-refractivity contribution in [3.05, 3.63) is 60.2 Å². The molecule has 3 aliphatic rings. The number of likely N-dealkylation sites (tertiary alicyclic amines) is 1. The van der Waals surface area contributed by atoms with Gasteiger partial charge in [-0.1, -0.05) is 18.2 Å². The summed E-state index contributed by atoms with van der Waals surface area (Å²) in [6, 6.07) is 11.8. The summed E-state index contributed by atoms with van der Waals surface area (Å²) in [6.45, 7) is 2.27. The minimum absolute atomic E-state index is 0.0782. The standard InChI is InChI=1S/C24H26F2N4O3/c25-15-8-9-21(20(26)11-15)27-23(31)18-13-29(12-17-7-4-10-33-17)14-19-22(18)28-30(24(19)32)16-5-2-1-3-6-16/h1-3,5-6,8-9,11,17-19,22,28H,4,7,10,12-14H2,(H,27,31). The molecule has 0 aliphatic carbocycles. The number of rotatable bonds is 5. The third-order valence-electron chi connectivity index (χ3n) is 6.62. The molecular formula is C24H26F2N4O3. The number of para-hydroxylation sites is 1. The van der Waals surface area contributed by atoms with E-state index in [-0.39, 0.29) is 17.7 Å². The number of nitrogens with zero attached hydrogens (tertiary/aromatic N) is 2. The zero-order valence-electron chi connectivity index (χ0n) is 18.0. The highest BCUT2D eigenvalue weighted by molar-refractivity contribution is 6.00. The predicted molar refractivity (Wildman–Crippen MR) is 118 cm³/mol. The molecule has 0 spiro atoms. The molecule has 9 heteroatoms. The van der Waals surface area contributed by atoms with E-state index in [1.807, 2.05) is 30.3 Å². The summed E-state index contributed by atoms with van der Waals surface area (Å²) in [5.74, 6) is -3.13. The summed E-state index contributed by atoms with van der Waals surface area (Å²) in [4.78, 5) is 28.7. The number of nitrogens with one attached hydrogen (secondary N) is 2. The van der Waals surface area contributed by atoms with Crippen LogP contribution in [0.5, 0.6) is 0 Å². The van der Waals surface area contributed by atoms with Crippen molar-refractivity contribution in [3.8, 4) is 0 Å². The molecule has 0 saturated carbocycles. The Bertz CT molecular complexity index is 1030. The Morgan fingerprint density at radius 2 is 1.97 bits per heavy atom. The summed E-state index contributed by atoms with van der Waals surface area (Å²) in [7, 11) is 0. The molecule has 2 N–H and O–H groups in total. The van der Waals surface area contributed by atoms with Crippen LogP contribution in [0.1, 0.15) is 12.8 Å². The van der Waals surface area contributed by atoms with Crippen LogP contribution in [0.15, 0.2) is 48.5 Å². The van der Waals surface area contributed by atoms with Gasteiger partial charge in [-0.2, -0.15) is 0 Å². The molecule has 2 aromatic rings. The number of piperidine rings is 1. The molecule has 5 rings (SSSR count). The molecule has 3 heterocycles. The zero-order chi connectivity index (χ0) is 22.9. The fraction of sp³-hybridized carbons (Fsp3) is 0.417. The van der Waals surface area contributed by atoms with E-state index >= 15 is 0 Å². The predicted octanol–water partition coefficient (Wildman–Crippen LogP) is 2.55. The summed E-state index contributed by atoms with van der Waals surface area (Å²) in [5.41, 5.74) is 3.84. The van der Waals surface area contributed by atoms with E-state index in [2.05, 4.69) is 15.6 Å². The number of halogens is 2. The van der Waals surface area contributed by atoms with Gasteiger partial charge in [-0.05, 0) is 37.1 Å². The average Bonchev–Trinajstić information content (AvgIpc) is 3.44. The molecule has 0 bridgehead atoms. The van der Waals surface area contributed by atoms with Crippen LogP contribution >= 0.6 is 0 Å². The van der Waals surface area contributed by atoms with Crippen molar-refractivity contribution in [1.82, 2.24) is 10.3 Å². The first-order chi connectivity index (χ1) is 16.0. The molecule has 3 aliphatic heterocycles. The molecule has 7 nitrogen and oxygen atoms in total. The Balaban J connectivity index is 1.39. The van der Waals surface area contributed by atoms with E-state index in [0.29, 0.717) is 25.3 Å². The summed E-state index contributed by atoms with van der Waals surface area (Å²) in [6.07, 6.45) is 2.03. The Morgan fingerprint density at radius 1 is 1.15 bits per heavy atom. The van der Waals surface area contributed by atoms with E-state index < -0.39 is 35.4 Å². The lowest BCUT2D eigenvalue weighted by Crippen LogP contribution is -2.57. The molecular weight excluding hydrogens is 430 g/mol. The van der Waals surface area contributed by atoms with Gasteiger partial charge in [0, 0.05) is 32.3 Å². The molecule has 2 amide bonds. The monoisotopic (exact) mass is 456 g/mol. The second-order valence-electron chi connectivity index (χ2n) is 8.84. The van der Waals surface area contributed by atoms with E-state index in [1.165, 1.54) is 11.1 Å². The molecule has 0 radical (unpaired) electrons. The van der Waals surface area contributed by atoms with Crippen LogP contribution in [0.25, 0.3) is 0 Å². The topological polar surface area (TPSA) is 73.9 Å². The van der Waals surface area contributed by atoms with Gasteiger partial charge in [0.05, 0.1) is 35.4 Å². The van der Waals surface area contributed by atoms with Gasteiger partial charge in [0.1, 0.15) is 11.6 Å². The van der Waals surface area contributed by atoms with Gasteiger partial charge in [-0.25, -0.2) is 19.2 Å². The number of hydrazine groups is 1. The van der Waals surface area contributed by atoms with Gasteiger partial charge in [0.2, 0.25) is 11.8 Å². The van der Waals surface area contributed by atoms with E-state index in [1.54, 1.807) is 0 Å². The summed E-state index contributed by atoms with van der Waals surface area (Å²) < 4.78 is 33.2. The van der Waals surface area contributed by atoms with Crippen LogP contribution in [0.2, 0.25) is 0 Å². The summed E-state index contributed by atoms with van der Waals surface area (Å²) >= 11 is 0. The second-order valence-corrected chi connectivity index (χ2v) is 8.84. The van der Waals surface area contributed by atoms with E-state index in [0.717, 1.165) is 31.6 Å². The maximum Gasteiger partial charge on any atom is 0.247 e. The lowest BCUT2D eigenvalue weighted by atomic mass is 9.83. The lowest BCUT2D eigenvalue weighted by molar-refractivity contribution is -0.126. The third kappa shape index (κ3) is 4.48. The Kier molecular flexibility index (Phi) is 6.09. The maximum absolute atomic E-state index is 14.2. The molecule has 2 aromatic carbocycles. The number of fused-ring (bicyclic) bond motifs is 1. The van der Waals surface area contributed by atoms with Crippen molar-refractivity contribution in [2.75, 3.05) is 36.6 Å². The molecule has 174 valence electrons. The molecule has 3 saturated heterocycles. The van der Waals surface area contributed by atoms with Gasteiger partial charge in [-0.3, -0.25) is 14.5 Å². The Labute approximate surface area is 190 Å². The SMILES string of the molecule is O=C(Nc1ccc(F)cc1F)C1CN(CC2CCCO2)CC2C(=O)N(c3ccccc3)NC12. The first-order valence-electron chi connectivity index (χ1n) is 11.2. The van der Waals surface area contributed by atoms with Crippen molar-refractivity contribution in [1.29, 1.82) is 0 Å². The van der Waals surface area contributed by atoms with Gasteiger partial charge >= 0.3 is 0 Å². The molecule has 4 unspecified atom stereocenters. The van der Waals surface area contributed by atoms with Crippen molar-refractivity contribution >= 4 is 23.2 Å². The number of hydrogen-bond donors (Lipinski definition) is 2. The zero-order valence-corrected chi connectivity index (χ0v) is 18.0. The van der Waals surface area contributed by atoms with Gasteiger partial charge in [0.25, 0.3) is 0 Å². The molecule has 3 fully saturated rings. The Morgan fingerprint density at radius 3 is 2.70 bits per heavy atom. The first-order valence-corrected chi connectivity index (χ1v) is 11.2. The summed E-state index contributed by atoms with van der Waals surface area (Å²) in [5, 5.41) is 4.10. The third-order valence-corrected chi connectivity index (χ3v) is 6.62. The van der Waals surface area contributed by atoms with Crippen molar-refractivity contribution in [2.24, 2.45) is 11.8 Å². The quantitative estimate of drug-likeness (QED) is 0.724. The highest BCUT2D eigenvalue weighted by Gasteiger charge is 2.51. The smallest absolute Gasteiger partial charge is 0.247 e. The van der Waals surface area contributed by atoms with E-state index in [9.17, 15) is 18.4 Å². The molecule has 4 atom stereocenters. The minimum atomic E-state index is -0.840. The van der Waals surface area contributed by atoms with Gasteiger partial charge in [-0.15, -0.1) is 0 Å². The first kappa shape index (κ1) is 21.9. The van der Waals surface area contributed by atoms with Crippen molar-refractivity contribution < 1.29 is 23.1 Å². The minimum Gasteiger partial charge on any atom is -0.377 e. The van der Waals surface area contributed by atoms with Crippen LogP contribution in [0, 0.1) is 23.5 Å². The molecule has 33 heavy (non-hydrogen) atoms. The number of anilines is 2. The molecule has 0 aromatic heterocycles. The maximum atomic E-state index is 14.2. The van der Waals surface area contributed by atoms with E-state index in [4.69, 9.17) is 4.74 Å². The number of benzene rings is 2. The number of carbonyl (C=O) groups excluding carboxylic acids is 2. The van der Waals surface area contributed by atoms with Crippen molar-refractivity contribution in [2.45, 2.75) is 25.0 Å². The lowest BCUT2D eigenvalue weighted by Gasteiger charge is -2.39. The van der Waals surface area contributed by atoms with Crippen LogP contribution < -0.4 is 15.8 Å². The average molecular weight is 456 g/mol. The fourth-order valence-electron chi connectivity index (χ4n) is 5.00. The van der Waals surface area contributed by atoms with Crippen LogP contribution in [-0.4, -0.2) is 55.1 Å². The van der Waals surface area contributed by atoms with Crippen LogP contribution in [-0.2, 0) is 14.3 Å². The highest BCUT2D eigenvalue weighted by Crippen LogP contribution is 2.33. The normalized spacial score (nSPS) is 27.6. The van der Waals surface area contributed by atoms with Crippen LogP contribution in [0.4, 0.5) is 20.2 Å². The second kappa shape index (κ2) is 9.17. The number of amides is 2.